The van der Waals surface area contributed by atoms with E-state index >= 15 is 0 Å². The zero-order chi connectivity index (χ0) is 16.4. The molecule has 0 N–H and O–H groups in total. The van der Waals surface area contributed by atoms with Crippen molar-refractivity contribution >= 4 is 23.2 Å². The molecule has 0 aliphatic rings. The molecule has 22 heavy (non-hydrogen) atoms. The molecule has 116 valence electrons. The molecule has 1 atom stereocenters. The first kappa shape index (κ1) is 15.8. The highest BCUT2D eigenvalue weighted by Crippen LogP contribution is 2.26. The van der Waals surface area contributed by atoms with E-state index in [2.05, 4.69) is 0 Å². The Balaban J connectivity index is 2.49. The molecule has 0 radical (unpaired) electrons. The van der Waals surface area contributed by atoms with Gasteiger partial charge in [-0.1, -0.05) is 0 Å². The van der Waals surface area contributed by atoms with Gasteiger partial charge in [-0.05, 0) is 25.1 Å². The van der Waals surface area contributed by atoms with Crippen LogP contribution in [-0.2, 0) is 9.59 Å². The molecule has 0 aromatic carbocycles. The number of carbonyl (C=O) groups excluding carboxylic acids is 3. The molecule has 0 saturated carbocycles. The van der Waals surface area contributed by atoms with Crippen LogP contribution in [0.3, 0.4) is 0 Å². The Morgan fingerprint density at radius 1 is 1.18 bits per heavy atom. The van der Waals surface area contributed by atoms with Crippen LogP contribution >= 0.6 is 0 Å². The summed E-state index contributed by atoms with van der Waals surface area (Å²) >= 11 is 0. The second-order valence-electron chi connectivity index (χ2n) is 5.12. The summed E-state index contributed by atoms with van der Waals surface area (Å²) in [5.41, 5.74) is 0.934. The van der Waals surface area contributed by atoms with Crippen molar-refractivity contribution < 1.29 is 19.1 Å². The van der Waals surface area contributed by atoms with Crippen LogP contribution in [0.5, 0.6) is 5.75 Å². The lowest BCUT2D eigenvalue weighted by Crippen LogP contribution is -2.39. The van der Waals surface area contributed by atoms with Gasteiger partial charge in [0.2, 0.25) is 5.91 Å². The van der Waals surface area contributed by atoms with Gasteiger partial charge in [0.05, 0.1) is 11.6 Å². The van der Waals surface area contributed by atoms with Crippen molar-refractivity contribution in [1.29, 1.82) is 0 Å². The fourth-order valence-corrected chi connectivity index (χ4v) is 2.24. The van der Waals surface area contributed by atoms with Crippen LogP contribution in [0.2, 0.25) is 0 Å². The Morgan fingerprint density at radius 2 is 1.86 bits per heavy atom. The highest BCUT2D eigenvalue weighted by Gasteiger charge is 2.25. The molecule has 2 aromatic rings. The van der Waals surface area contributed by atoms with E-state index in [-0.39, 0.29) is 11.7 Å². The monoisotopic (exact) mass is 302 g/mol. The van der Waals surface area contributed by atoms with Gasteiger partial charge < -0.3 is 14.0 Å². The molecule has 0 aliphatic carbocycles. The second kappa shape index (κ2) is 6.01. The van der Waals surface area contributed by atoms with Gasteiger partial charge in [0.15, 0.2) is 11.5 Å². The van der Waals surface area contributed by atoms with Crippen molar-refractivity contribution in [3.05, 3.63) is 36.2 Å². The number of aromatic nitrogens is 1. The van der Waals surface area contributed by atoms with Crippen molar-refractivity contribution in [3.63, 3.8) is 0 Å². The van der Waals surface area contributed by atoms with Crippen molar-refractivity contribution in [1.82, 2.24) is 9.30 Å². The van der Waals surface area contributed by atoms with Gasteiger partial charge in [-0.25, -0.2) is 0 Å². The summed E-state index contributed by atoms with van der Waals surface area (Å²) in [6, 6.07) is 4.42. The maximum Gasteiger partial charge on any atom is 0.308 e. The lowest BCUT2D eigenvalue weighted by molar-refractivity contribution is -0.132. The average molecular weight is 302 g/mol. The van der Waals surface area contributed by atoms with E-state index in [1.54, 1.807) is 49.0 Å². The fraction of sp³-hybridized carbons (Fsp3) is 0.312. The number of carbonyl (C=O) groups is 3. The number of nitrogens with zero attached hydrogens (tertiary/aromatic N) is 2. The van der Waals surface area contributed by atoms with Crippen molar-refractivity contribution in [2.45, 2.75) is 26.8 Å². The zero-order valence-electron chi connectivity index (χ0n) is 13.0. The number of hydrogen-bond donors (Lipinski definition) is 0. The van der Waals surface area contributed by atoms with Crippen LogP contribution in [0.1, 0.15) is 31.1 Å². The summed E-state index contributed by atoms with van der Waals surface area (Å²) in [4.78, 5) is 36.7. The minimum absolute atomic E-state index is 0.190. The number of ketones is 1. The summed E-state index contributed by atoms with van der Waals surface area (Å²) in [7, 11) is 1.58. The Morgan fingerprint density at radius 3 is 2.45 bits per heavy atom. The zero-order valence-corrected chi connectivity index (χ0v) is 13.0. The van der Waals surface area contributed by atoms with E-state index in [1.165, 1.54) is 18.7 Å². The molecule has 0 fully saturated rings. The fourth-order valence-electron chi connectivity index (χ4n) is 2.24. The van der Waals surface area contributed by atoms with Gasteiger partial charge in [0, 0.05) is 38.9 Å². The minimum Gasteiger partial charge on any atom is -0.424 e. The molecule has 6 nitrogen and oxygen atoms in total. The number of hydrogen-bond acceptors (Lipinski definition) is 4. The van der Waals surface area contributed by atoms with Crippen molar-refractivity contribution in [3.8, 4) is 5.75 Å². The number of likely N-dealkylation sites (N-methyl/N-ethyl adjacent to an activating group) is 1. The molecule has 2 rings (SSSR count). The van der Waals surface area contributed by atoms with E-state index in [0.717, 1.165) is 0 Å². The van der Waals surface area contributed by atoms with Crippen LogP contribution in [-0.4, -0.2) is 40.0 Å². The Labute approximate surface area is 128 Å². The van der Waals surface area contributed by atoms with Crippen LogP contribution in [0.4, 0.5) is 0 Å². The summed E-state index contributed by atoms with van der Waals surface area (Å²) in [5.74, 6) is -0.535. The molecule has 0 spiro atoms. The van der Waals surface area contributed by atoms with Gasteiger partial charge in [-0.3, -0.25) is 14.4 Å². The molecule has 1 amide bonds. The first-order valence-corrected chi connectivity index (χ1v) is 6.88. The standard InChI is InChI=1S/C16H18N2O4/c1-10(17(4)11(2)19)16(21)13-7-9-18-8-5-6-14(15(13)18)22-12(3)20/h5-10H,1-4H3. The number of fused-ring (bicyclic) bond motifs is 1. The van der Waals surface area contributed by atoms with E-state index < -0.39 is 12.0 Å². The molecule has 2 aromatic heterocycles. The van der Waals surface area contributed by atoms with Crippen LogP contribution in [0, 0.1) is 0 Å². The van der Waals surface area contributed by atoms with Crippen molar-refractivity contribution in [2.24, 2.45) is 0 Å². The van der Waals surface area contributed by atoms with Gasteiger partial charge in [0.25, 0.3) is 0 Å². The van der Waals surface area contributed by atoms with Gasteiger partial charge in [-0.15, -0.1) is 0 Å². The third-order valence-corrected chi connectivity index (χ3v) is 3.62. The lowest BCUT2D eigenvalue weighted by Gasteiger charge is -2.22. The number of Topliss-reactive ketones (excluding diaryl/α,β-unsaturated/α-hetero) is 1. The average Bonchev–Trinajstić information content (AvgIpc) is 2.89. The van der Waals surface area contributed by atoms with E-state index in [0.29, 0.717) is 16.8 Å². The molecule has 0 saturated heterocycles. The molecular weight excluding hydrogens is 284 g/mol. The predicted octanol–water partition coefficient (Wildman–Crippen LogP) is 1.91. The minimum atomic E-state index is -0.603. The SMILES string of the molecule is CC(=O)Oc1cccn2ccc(C(=O)C(C)N(C)C(C)=O)c12. The van der Waals surface area contributed by atoms with E-state index in [4.69, 9.17) is 4.74 Å². The summed E-state index contributed by atoms with van der Waals surface area (Å²) in [6.45, 7) is 4.38. The molecule has 1 unspecified atom stereocenters. The van der Waals surface area contributed by atoms with Gasteiger partial charge in [0.1, 0.15) is 0 Å². The van der Waals surface area contributed by atoms with E-state index in [9.17, 15) is 14.4 Å². The first-order valence-electron chi connectivity index (χ1n) is 6.88. The first-order chi connectivity index (χ1) is 10.3. The van der Waals surface area contributed by atoms with E-state index in [1.807, 2.05) is 0 Å². The topological polar surface area (TPSA) is 68.1 Å². The smallest absolute Gasteiger partial charge is 0.308 e. The molecule has 2 heterocycles. The lowest BCUT2D eigenvalue weighted by atomic mass is 10.1. The number of esters is 1. The maximum atomic E-state index is 12.7. The second-order valence-corrected chi connectivity index (χ2v) is 5.12. The normalized spacial score (nSPS) is 12.0. The summed E-state index contributed by atoms with van der Waals surface area (Å²) in [5, 5.41) is 0. The van der Waals surface area contributed by atoms with Gasteiger partial charge in [-0.2, -0.15) is 0 Å². The number of amides is 1. The number of rotatable bonds is 4. The van der Waals surface area contributed by atoms with Crippen LogP contribution in [0.25, 0.3) is 5.52 Å². The molecule has 6 heteroatoms. The van der Waals surface area contributed by atoms with Crippen LogP contribution < -0.4 is 4.74 Å². The predicted molar refractivity (Wildman–Crippen MR) is 80.9 cm³/mol. The van der Waals surface area contributed by atoms with Gasteiger partial charge >= 0.3 is 5.97 Å². The number of pyridine rings is 1. The van der Waals surface area contributed by atoms with Crippen LogP contribution in [0.15, 0.2) is 30.6 Å². The Hall–Kier alpha value is -2.63. The third-order valence-electron chi connectivity index (χ3n) is 3.62. The Bertz CT molecular complexity index is 748. The Kier molecular flexibility index (Phi) is 4.30. The number of ether oxygens (including phenoxy) is 1. The van der Waals surface area contributed by atoms with Crippen molar-refractivity contribution in [2.75, 3.05) is 7.05 Å². The summed E-state index contributed by atoms with van der Waals surface area (Å²) in [6.07, 6.45) is 3.48. The summed E-state index contributed by atoms with van der Waals surface area (Å²) < 4.78 is 6.89. The quantitative estimate of drug-likeness (QED) is 0.639. The molecular formula is C16H18N2O4. The maximum absolute atomic E-state index is 12.7. The highest BCUT2D eigenvalue weighted by atomic mass is 16.5. The third kappa shape index (κ3) is 2.86. The highest BCUT2D eigenvalue weighted by molar-refractivity contribution is 6.08. The largest absolute Gasteiger partial charge is 0.424 e. The molecule has 0 bridgehead atoms. The molecule has 0 aliphatic heterocycles.